The Labute approximate surface area is 105 Å². The minimum absolute atomic E-state index is 0.0779. The first-order valence-corrected chi connectivity index (χ1v) is 5.19. The van der Waals surface area contributed by atoms with E-state index in [2.05, 4.69) is 0 Å². The number of carbonyl (C=O) groups excluding carboxylic acids is 1. The Bertz CT molecular complexity index is 472. The summed E-state index contributed by atoms with van der Waals surface area (Å²) >= 11 is 0. The summed E-state index contributed by atoms with van der Waals surface area (Å²) in [7, 11) is 0. The number of ketones is 1. The maximum Gasteiger partial charge on any atom is 0.407 e. The first-order chi connectivity index (χ1) is 8.44. The van der Waals surface area contributed by atoms with Gasteiger partial charge >= 0.3 is 12.4 Å². The average molecular weight is 284 g/mol. The third-order valence-corrected chi connectivity index (χ3v) is 2.58. The van der Waals surface area contributed by atoms with Crippen molar-refractivity contribution in [3.8, 4) is 0 Å². The molecule has 106 valence electrons. The van der Waals surface area contributed by atoms with Gasteiger partial charge in [-0.15, -0.1) is 0 Å². The number of alkyl halides is 6. The zero-order valence-electron chi connectivity index (χ0n) is 9.99. The van der Waals surface area contributed by atoms with Crippen LogP contribution in [0.1, 0.15) is 21.5 Å². The Morgan fingerprint density at radius 1 is 1.00 bits per heavy atom. The van der Waals surface area contributed by atoms with Crippen molar-refractivity contribution >= 4 is 5.78 Å². The van der Waals surface area contributed by atoms with E-state index in [0.29, 0.717) is 5.56 Å². The van der Waals surface area contributed by atoms with Crippen molar-refractivity contribution in [3.05, 3.63) is 34.9 Å². The largest absolute Gasteiger partial charge is 0.407 e. The van der Waals surface area contributed by atoms with E-state index in [-0.39, 0.29) is 5.56 Å². The molecule has 0 bridgehead atoms. The monoisotopic (exact) mass is 284 g/mol. The summed E-state index contributed by atoms with van der Waals surface area (Å²) in [5.41, 5.74) is -0.0641. The predicted molar refractivity (Wildman–Crippen MR) is 55.8 cm³/mol. The normalized spacial score (nSPS) is 12.9. The van der Waals surface area contributed by atoms with Gasteiger partial charge in [0.1, 0.15) is 0 Å². The highest BCUT2D eigenvalue weighted by Crippen LogP contribution is 2.41. The molecule has 0 heterocycles. The van der Waals surface area contributed by atoms with E-state index >= 15 is 0 Å². The van der Waals surface area contributed by atoms with Crippen molar-refractivity contribution in [2.75, 3.05) is 0 Å². The summed E-state index contributed by atoms with van der Waals surface area (Å²) in [6.45, 7) is 2.77. The minimum atomic E-state index is -5.66. The predicted octanol–water partition coefficient (Wildman–Crippen LogP) is 4.23. The van der Waals surface area contributed by atoms with Gasteiger partial charge in [-0.3, -0.25) is 4.79 Å². The average Bonchev–Trinajstić information content (AvgIpc) is 2.17. The molecular weight excluding hydrogens is 274 g/mol. The van der Waals surface area contributed by atoms with Crippen LogP contribution >= 0.6 is 0 Å². The van der Waals surface area contributed by atoms with Crippen LogP contribution < -0.4 is 0 Å². The molecule has 1 nitrogen and oxygen atoms in total. The first kappa shape index (κ1) is 15.5. The van der Waals surface area contributed by atoms with Crippen LogP contribution in [0, 0.1) is 19.8 Å². The highest BCUT2D eigenvalue weighted by Gasteiger charge is 2.61. The Morgan fingerprint density at radius 3 is 1.89 bits per heavy atom. The second-order valence-electron chi connectivity index (χ2n) is 4.20. The quantitative estimate of drug-likeness (QED) is 0.587. The topological polar surface area (TPSA) is 17.1 Å². The first-order valence-electron chi connectivity index (χ1n) is 5.19. The van der Waals surface area contributed by atoms with Crippen LogP contribution in [0.25, 0.3) is 0 Å². The van der Waals surface area contributed by atoms with Crippen LogP contribution in [0.15, 0.2) is 18.2 Å². The van der Waals surface area contributed by atoms with Crippen LogP contribution in [-0.4, -0.2) is 18.1 Å². The lowest BCUT2D eigenvalue weighted by molar-refractivity contribution is -0.264. The molecular formula is C12H10F6O. The molecule has 0 fully saturated rings. The molecule has 1 aromatic carbocycles. The Morgan fingerprint density at radius 2 is 1.47 bits per heavy atom. The lowest BCUT2D eigenvalue weighted by atomic mass is 9.92. The summed E-state index contributed by atoms with van der Waals surface area (Å²) in [6, 6.07) is 3.84. The molecule has 0 saturated heterocycles. The van der Waals surface area contributed by atoms with Crippen molar-refractivity contribution in [3.63, 3.8) is 0 Å². The fourth-order valence-corrected chi connectivity index (χ4v) is 1.64. The number of hydrogen-bond acceptors (Lipinski definition) is 1. The fourth-order valence-electron chi connectivity index (χ4n) is 1.64. The lowest BCUT2D eigenvalue weighted by Gasteiger charge is -2.22. The van der Waals surface area contributed by atoms with E-state index in [0.717, 1.165) is 6.07 Å². The van der Waals surface area contributed by atoms with Gasteiger partial charge < -0.3 is 0 Å². The van der Waals surface area contributed by atoms with Crippen LogP contribution in [0.3, 0.4) is 0 Å². The van der Waals surface area contributed by atoms with E-state index < -0.39 is 29.6 Å². The maximum absolute atomic E-state index is 12.4. The molecule has 0 aliphatic rings. The Kier molecular flexibility index (Phi) is 3.97. The third-order valence-electron chi connectivity index (χ3n) is 2.58. The summed E-state index contributed by atoms with van der Waals surface area (Å²) in [4.78, 5) is 11.6. The van der Waals surface area contributed by atoms with Crippen LogP contribution in [-0.2, 0) is 0 Å². The van der Waals surface area contributed by atoms with Crippen molar-refractivity contribution in [1.82, 2.24) is 0 Å². The number of carbonyl (C=O) groups is 1. The van der Waals surface area contributed by atoms with Crippen molar-refractivity contribution < 1.29 is 31.1 Å². The molecule has 7 heteroatoms. The number of Topliss-reactive ketones (excluding diaryl/α,β-unsaturated/α-hetero) is 1. The van der Waals surface area contributed by atoms with Gasteiger partial charge in [-0.25, -0.2) is 0 Å². The SMILES string of the molecule is Cc1ccc(C)c(C(=O)C(C(F)(F)F)C(F)(F)F)c1. The number of aryl methyl sites for hydroxylation is 2. The van der Waals surface area contributed by atoms with Crippen molar-refractivity contribution in [2.45, 2.75) is 26.2 Å². The maximum atomic E-state index is 12.4. The molecule has 0 spiro atoms. The lowest BCUT2D eigenvalue weighted by Crippen LogP contribution is -2.42. The van der Waals surface area contributed by atoms with Gasteiger partial charge in [0, 0.05) is 5.56 Å². The molecule has 0 aliphatic heterocycles. The molecule has 0 atom stereocenters. The summed E-state index contributed by atoms with van der Waals surface area (Å²) in [5.74, 6) is -5.96. The van der Waals surface area contributed by atoms with Gasteiger partial charge in [-0.2, -0.15) is 26.3 Å². The van der Waals surface area contributed by atoms with Gasteiger partial charge in [-0.05, 0) is 25.5 Å². The smallest absolute Gasteiger partial charge is 0.293 e. The molecule has 1 rings (SSSR count). The van der Waals surface area contributed by atoms with Gasteiger partial charge in [0.25, 0.3) is 0 Å². The molecule has 0 aromatic heterocycles. The molecule has 1 aromatic rings. The number of benzene rings is 1. The molecule has 19 heavy (non-hydrogen) atoms. The molecule has 0 unspecified atom stereocenters. The van der Waals surface area contributed by atoms with Gasteiger partial charge in [-0.1, -0.05) is 17.7 Å². The fraction of sp³-hybridized carbons (Fsp3) is 0.417. The van der Waals surface area contributed by atoms with Gasteiger partial charge in [0.15, 0.2) is 5.78 Å². The Balaban J connectivity index is 3.32. The highest BCUT2D eigenvalue weighted by molar-refractivity contribution is 6.00. The van der Waals surface area contributed by atoms with E-state index in [1.165, 1.54) is 26.0 Å². The summed E-state index contributed by atoms with van der Waals surface area (Å²) in [6.07, 6.45) is -11.3. The molecule has 0 aliphatic carbocycles. The van der Waals surface area contributed by atoms with E-state index in [4.69, 9.17) is 0 Å². The van der Waals surface area contributed by atoms with Crippen LogP contribution in [0.5, 0.6) is 0 Å². The molecule has 0 N–H and O–H groups in total. The third kappa shape index (κ3) is 3.48. The van der Waals surface area contributed by atoms with Crippen LogP contribution in [0.4, 0.5) is 26.3 Å². The zero-order valence-corrected chi connectivity index (χ0v) is 9.99. The van der Waals surface area contributed by atoms with Gasteiger partial charge in [0.2, 0.25) is 5.92 Å². The van der Waals surface area contributed by atoms with E-state index in [1.807, 2.05) is 0 Å². The summed E-state index contributed by atoms with van der Waals surface area (Å²) in [5, 5.41) is 0. The minimum Gasteiger partial charge on any atom is -0.293 e. The Hall–Kier alpha value is -1.53. The van der Waals surface area contributed by atoms with E-state index in [9.17, 15) is 31.1 Å². The number of hydrogen-bond donors (Lipinski definition) is 0. The molecule has 0 radical (unpaired) electrons. The van der Waals surface area contributed by atoms with Crippen molar-refractivity contribution in [2.24, 2.45) is 5.92 Å². The second kappa shape index (κ2) is 4.86. The van der Waals surface area contributed by atoms with Crippen molar-refractivity contribution in [1.29, 1.82) is 0 Å². The van der Waals surface area contributed by atoms with E-state index in [1.54, 1.807) is 0 Å². The van der Waals surface area contributed by atoms with Gasteiger partial charge in [0.05, 0.1) is 0 Å². The number of rotatable bonds is 2. The standard InChI is InChI=1S/C12H10F6O/c1-6-3-4-7(2)8(5-6)9(19)10(11(13,14)15)12(16,17)18/h3-5,10H,1-2H3. The summed E-state index contributed by atoms with van der Waals surface area (Å²) < 4.78 is 74.7. The van der Waals surface area contributed by atoms with Crippen LogP contribution in [0.2, 0.25) is 0 Å². The second-order valence-corrected chi connectivity index (χ2v) is 4.20. The zero-order chi connectivity index (χ0) is 15.0. The molecule has 0 saturated carbocycles. The number of halogens is 6. The highest BCUT2D eigenvalue weighted by atomic mass is 19.4. The molecule has 0 amide bonds.